The van der Waals surface area contributed by atoms with Gasteiger partial charge in [0.1, 0.15) is 24.4 Å². The number of esters is 1. The maximum atomic E-state index is 12.2. The second kappa shape index (κ2) is 16.5. The summed E-state index contributed by atoms with van der Waals surface area (Å²) in [4.78, 5) is 46.6. The summed E-state index contributed by atoms with van der Waals surface area (Å²) in [5.74, 6) is -3.74. The first-order chi connectivity index (χ1) is 15.5. The Morgan fingerprint density at radius 3 is 2.00 bits per heavy atom. The van der Waals surface area contributed by atoms with Gasteiger partial charge in [-0.1, -0.05) is 12.8 Å². The van der Waals surface area contributed by atoms with Crippen molar-refractivity contribution in [2.75, 3.05) is 13.7 Å². The Hall–Kier alpha value is -2.16. The maximum Gasteiger partial charge on any atom is 0.335 e. The number of hydrogen-bond acceptors (Lipinski definition) is 11. The highest BCUT2D eigenvalue weighted by Crippen LogP contribution is 2.12. The van der Waals surface area contributed by atoms with Gasteiger partial charge in [-0.2, -0.15) is 0 Å². The molecule has 10 N–H and O–H groups in total. The minimum atomic E-state index is -2.35. The average molecular weight is 480 g/mol. The second-order valence-electron chi connectivity index (χ2n) is 7.75. The number of nitrogens with one attached hydrogen (secondary N) is 1. The molecule has 6 atom stereocenters. The number of rotatable bonds is 18. The van der Waals surface area contributed by atoms with Gasteiger partial charge in [0.25, 0.3) is 0 Å². The lowest BCUT2D eigenvalue weighted by atomic mass is 9.97. The number of ketones is 1. The number of hydrogen-bond donors (Lipinski definition) is 8. The van der Waals surface area contributed by atoms with E-state index in [0.29, 0.717) is 38.6 Å². The number of unbranched alkanes of at least 4 members (excludes halogenated alkanes) is 3. The van der Waals surface area contributed by atoms with Crippen LogP contribution in [0.2, 0.25) is 0 Å². The van der Waals surface area contributed by atoms with E-state index >= 15 is 0 Å². The van der Waals surface area contributed by atoms with Gasteiger partial charge < -0.3 is 47.1 Å². The molecule has 0 spiro atoms. The number of amides is 1. The van der Waals surface area contributed by atoms with Crippen LogP contribution in [-0.4, -0.2) is 99.3 Å². The first kappa shape index (κ1) is 30.8. The van der Waals surface area contributed by atoms with Crippen molar-refractivity contribution in [2.45, 2.75) is 87.9 Å². The quantitative estimate of drug-likeness (QED) is 0.0731. The molecule has 0 bridgehead atoms. The maximum absolute atomic E-state index is 12.2. The SMILES string of the molecule is COC(=O)[C@H](CCCCN)NC(=O)C(N)CCCCCC(=O)[C@H](O)[C@@H](O)[C@@H](O)[C@H](O)C(=O)O. The van der Waals surface area contributed by atoms with E-state index in [1.807, 2.05) is 0 Å². The highest BCUT2D eigenvalue weighted by atomic mass is 16.5. The van der Waals surface area contributed by atoms with Gasteiger partial charge in [0, 0.05) is 6.42 Å². The number of methoxy groups -OCH3 is 1. The summed E-state index contributed by atoms with van der Waals surface area (Å²) in [5, 5.41) is 49.2. The Labute approximate surface area is 192 Å². The molecule has 33 heavy (non-hydrogen) atoms. The predicted molar refractivity (Wildman–Crippen MR) is 115 cm³/mol. The van der Waals surface area contributed by atoms with E-state index < -0.39 is 60.1 Å². The van der Waals surface area contributed by atoms with E-state index in [0.717, 1.165) is 0 Å². The van der Waals surface area contributed by atoms with Gasteiger partial charge in [-0.3, -0.25) is 9.59 Å². The zero-order valence-electron chi connectivity index (χ0n) is 18.8. The molecular weight excluding hydrogens is 442 g/mol. The normalized spacial score (nSPS) is 16.7. The third kappa shape index (κ3) is 11.5. The fraction of sp³-hybridized carbons (Fsp3) is 0.800. The monoisotopic (exact) mass is 479 g/mol. The van der Waals surface area contributed by atoms with Crippen LogP contribution >= 0.6 is 0 Å². The van der Waals surface area contributed by atoms with E-state index in [1.54, 1.807) is 0 Å². The lowest BCUT2D eigenvalue weighted by Gasteiger charge is -2.23. The van der Waals surface area contributed by atoms with Gasteiger partial charge >= 0.3 is 11.9 Å². The van der Waals surface area contributed by atoms with Crippen molar-refractivity contribution in [3.05, 3.63) is 0 Å². The van der Waals surface area contributed by atoms with Crippen LogP contribution in [0.3, 0.4) is 0 Å². The Kier molecular flexibility index (Phi) is 15.4. The van der Waals surface area contributed by atoms with Crippen molar-refractivity contribution in [3.63, 3.8) is 0 Å². The Morgan fingerprint density at radius 2 is 1.45 bits per heavy atom. The molecule has 1 amide bonds. The molecule has 0 aliphatic carbocycles. The molecule has 0 saturated heterocycles. The lowest BCUT2D eigenvalue weighted by molar-refractivity contribution is -0.165. The van der Waals surface area contributed by atoms with Crippen molar-refractivity contribution >= 4 is 23.6 Å². The smallest absolute Gasteiger partial charge is 0.335 e. The molecule has 0 fully saturated rings. The molecule has 1 unspecified atom stereocenters. The molecule has 0 aromatic heterocycles. The Morgan fingerprint density at radius 1 is 0.879 bits per heavy atom. The van der Waals surface area contributed by atoms with Crippen LogP contribution in [0.15, 0.2) is 0 Å². The van der Waals surface area contributed by atoms with Gasteiger partial charge in [-0.05, 0) is 38.6 Å². The highest BCUT2D eigenvalue weighted by molar-refractivity contribution is 5.87. The molecule has 0 rings (SSSR count). The number of nitrogens with two attached hydrogens (primary N) is 2. The Bertz CT molecular complexity index is 633. The molecule has 13 heteroatoms. The van der Waals surface area contributed by atoms with Crippen molar-refractivity contribution in [1.29, 1.82) is 0 Å². The summed E-state index contributed by atoms with van der Waals surface area (Å²) in [7, 11) is 1.22. The number of carbonyl (C=O) groups excluding carboxylic acids is 3. The van der Waals surface area contributed by atoms with Gasteiger partial charge in [-0.15, -0.1) is 0 Å². The molecule has 0 heterocycles. The number of carboxylic acids is 1. The summed E-state index contributed by atoms with van der Waals surface area (Å²) in [6.45, 7) is 0.463. The minimum absolute atomic E-state index is 0.179. The topological polar surface area (TPSA) is 243 Å². The number of carboxylic acid groups (broad SMARTS) is 1. The van der Waals surface area contributed by atoms with E-state index in [9.17, 15) is 39.6 Å². The van der Waals surface area contributed by atoms with Crippen molar-refractivity contribution < 1.29 is 49.4 Å². The largest absolute Gasteiger partial charge is 0.479 e. The molecule has 0 aromatic rings. The van der Waals surface area contributed by atoms with Crippen LogP contribution in [0.4, 0.5) is 0 Å². The number of ether oxygens (including phenoxy) is 1. The molecule has 0 aliphatic heterocycles. The minimum Gasteiger partial charge on any atom is -0.479 e. The van der Waals surface area contributed by atoms with Crippen molar-refractivity contribution in [1.82, 2.24) is 5.32 Å². The first-order valence-electron chi connectivity index (χ1n) is 10.8. The molecular formula is C20H37N3O10. The molecule has 0 aromatic carbocycles. The third-order valence-electron chi connectivity index (χ3n) is 5.10. The van der Waals surface area contributed by atoms with Crippen LogP contribution in [0, 0.1) is 0 Å². The van der Waals surface area contributed by atoms with E-state index in [4.69, 9.17) is 16.6 Å². The van der Waals surface area contributed by atoms with Crippen molar-refractivity contribution in [2.24, 2.45) is 11.5 Å². The zero-order valence-corrected chi connectivity index (χ0v) is 18.8. The number of aliphatic hydroxyl groups excluding tert-OH is 4. The lowest BCUT2D eigenvalue weighted by Crippen LogP contribution is -2.50. The fourth-order valence-corrected chi connectivity index (χ4v) is 2.99. The molecule has 0 aliphatic rings. The zero-order chi connectivity index (χ0) is 25.6. The van der Waals surface area contributed by atoms with E-state index in [1.165, 1.54) is 7.11 Å². The predicted octanol–water partition coefficient (Wildman–Crippen LogP) is -2.85. The van der Waals surface area contributed by atoms with Gasteiger partial charge in [-0.25, -0.2) is 9.59 Å². The summed E-state index contributed by atoms with van der Waals surface area (Å²) >= 11 is 0. The molecule has 0 saturated carbocycles. The molecule has 0 radical (unpaired) electrons. The fourth-order valence-electron chi connectivity index (χ4n) is 2.99. The summed E-state index contributed by atoms with van der Waals surface area (Å²) in [5.41, 5.74) is 11.3. The van der Waals surface area contributed by atoms with Crippen LogP contribution < -0.4 is 16.8 Å². The number of aliphatic hydroxyl groups is 4. The summed E-state index contributed by atoms with van der Waals surface area (Å²) in [6.07, 6.45) is -5.83. The number of aliphatic carboxylic acids is 1. The summed E-state index contributed by atoms with van der Waals surface area (Å²) < 4.78 is 4.68. The van der Waals surface area contributed by atoms with Crippen molar-refractivity contribution in [3.8, 4) is 0 Å². The molecule has 192 valence electrons. The molecule has 13 nitrogen and oxygen atoms in total. The van der Waals surface area contributed by atoms with E-state index in [2.05, 4.69) is 10.1 Å². The first-order valence-corrected chi connectivity index (χ1v) is 10.8. The van der Waals surface area contributed by atoms with Crippen LogP contribution in [-0.2, 0) is 23.9 Å². The average Bonchev–Trinajstić information content (AvgIpc) is 2.80. The third-order valence-corrected chi connectivity index (χ3v) is 5.10. The second-order valence-corrected chi connectivity index (χ2v) is 7.75. The standard InChI is InChI=1S/C20H37N3O10/c1-33-20(32)12(8-5-6-10-21)23-18(29)11(22)7-3-2-4-9-13(24)14(25)15(26)16(27)17(28)19(30)31/h11-12,14-17,25-28H,2-10,21-22H2,1H3,(H,23,29)(H,30,31)/t11?,12-,14-,15+,16+,17-/m0/s1. The highest BCUT2D eigenvalue weighted by Gasteiger charge is 2.36. The van der Waals surface area contributed by atoms with Gasteiger partial charge in [0.05, 0.1) is 13.2 Å². The van der Waals surface area contributed by atoms with Crippen LogP contribution in [0.1, 0.15) is 51.4 Å². The van der Waals surface area contributed by atoms with E-state index in [-0.39, 0.29) is 19.3 Å². The van der Waals surface area contributed by atoms with Crippen LogP contribution in [0.5, 0.6) is 0 Å². The van der Waals surface area contributed by atoms with Crippen LogP contribution in [0.25, 0.3) is 0 Å². The number of carbonyl (C=O) groups is 4. The Balaban J connectivity index is 4.36. The van der Waals surface area contributed by atoms with Gasteiger partial charge in [0.2, 0.25) is 5.91 Å². The number of Topliss-reactive ketones (excluding diaryl/α,β-unsaturated/α-hetero) is 1. The summed E-state index contributed by atoms with van der Waals surface area (Å²) in [6, 6.07) is -1.71. The van der Waals surface area contributed by atoms with Gasteiger partial charge in [0.15, 0.2) is 11.9 Å².